The molecule has 2 heterocycles. The first-order chi connectivity index (χ1) is 8.31. The lowest BCUT2D eigenvalue weighted by molar-refractivity contribution is 0.338. The van der Waals surface area contributed by atoms with Gasteiger partial charge in [-0.1, -0.05) is 6.42 Å². The zero-order chi connectivity index (χ0) is 12.1. The van der Waals surface area contributed by atoms with Crippen LogP contribution in [0.15, 0.2) is 18.5 Å². The highest BCUT2D eigenvalue weighted by molar-refractivity contribution is 8.00. The quantitative estimate of drug-likeness (QED) is 0.895. The second kappa shape index (κ2) is 6.26. The molecule has 1 aromatic heterocycles. The monoisotopic (exact) mass is 252 g/mol. The van der Waals surface area contributed by atoms with Gasteiger partial charge in [0.05, 0.1) is 12.8 Å². The van der Waals surface area contributed by atoms with E-state index in [4.69, 9.17) is 10.5 Å². The number of thioether (sulfide) groups is 1. The minimum atomic E-state index is 0.0770. The van der Waals surface area contributed by atoms with Crippen molar-refractivity contribution in [2.45, 2.75) is 37.5 Å². The number of hydrogen-bond acceptors (Lipinski definition) is 4. The largest absolute Gasteiger partial charge is 0.492 e. The number of ether oxygens (including phenoxy) is 1. The molecule has 1 saturated heterocycles. The summed E-state index contributed by atoms with van der Waals surface area (Å²) in [5.41, 5.74) is 7.41. The molecule has 1 aromatic rings. The van der Waals surface area contributed by atoms with Gasteiger partial charge in [-0.3, -0.25) is 4.98 Å². The molecule has 2 unspecified atom stereocenters. The highest BCUT2D eigenvalue weighted by atomic mass is 32.2. The third kappa shape index (κ3) is 3.36. The Hall–Kier alpha value is -0.740. The summed E-state index contributed by atoms with van der Waals surface area (Å²) in [7, 11) is 0. The normalized spacial score (nSPS) is 22.1. The summed E-state index contributed by atoms with van der Waals surface area (Å²) in [5.74, 6) is 2.05. The minimum Gasteiger partial charge on any atom is -0.492 e. The SMILES string of the molecule is CCOc1cncc(C(N)C2CCCCS2)c1. The first-order valence-electron chi connectivity index (χ1n) is 6.26. The van der Waals surface area contributed by atoms with Crippen LogP contribution in [-0.4, -0.2) is 22.6 Å². The Labute approximate surface area is 107 Å². The molecule has 0 saturated carbocycles. The van der Waals surface area contributed by atoms with Gasteiger partial charge in [0.15, 0.2) is 0 Å². The fourth-order valence-electron chi connectivity index (χ4n) is 2.13. The van der Waals surface area contributed by atoms with Crippen LogP contribution in [0.2, 0.25) is 0 Å². The van der Waals surface area contributed by atoms with Crippen molar-refractivity contribution in [2.75, 3.05) is 12.4 Å². The van der Waals surface area contributed by atoms with Gasteiger partial charge in [0, 0.05) is 17.5 Å². The molecular formula is C13H20N2OS. The third-order valence-electron chi connectivity index (χ3n) is 3.05. The van der Waals surface area contributed by atoms with Crippen molar-refractivity contribution in [3.63, 3.8) is 0 Å². The van der Waals surface area contributed by atoms with Crippen LogP contribution in [-0.2, 0) is 0 Å². The van der Waals surface area contributed by atoms with E-state index in [-0.39, 0.29) is 6.04 Å². The molecule has 0 aliphatic carbocycles. The lowest BCUT2D eigenvalue weighted by atomic mass is 10.0. The van der Waals surface area contributed by atoms with Crippen LogP contribution in [0.3, 0.4) is 0 Å². The predicted molar refractivity (Wildman–Crippen MR) is 72.4 cm³/mol. The summed E-state index contributed by atoms with van der Waals surface area (Å²) in [6, 6.07) is 2.10. The second-order valence-corrected chi connectivity index (χ2v) is 5.66. The predicted octanol–water partition coefficient (Wildman–Crippen LogP) is 2.77. The molecule has 2 atom stereocenters. The molecule has 1 aliphatic rings. The number of aromatic nitrogens is 1. The molecule has 0 amide bonds. The molecule has 2 rings (SSSR count). The standard InChI is InChI=1S/C13H20N2OS/c1-2-16-11-7-10(8-15-9-11)13(14)12-5-3-4-6-17-12/h7-9,12-13H,2-6,14H2,1H3. The van der Waals surface area contributed by atoms with Gasteiger partial charge in [-0.05, 0) is 37.1 Å². The molecule has 4 heteroatoms. The molecule has 3 nitrogen and oxygen atoms in total. The molecule has 2 N–H and O–H groups in total. The summed E-state index contributed by atoms with van der Waals surface area (Å²) in [5, 5.41) is 0.530. The van der Waals surface area contributed by atoms with Gasteiger partial charge in [0.2, 0.25) is 0 Å². The molecular weight excluding hydrogens is 232 g/mol. The van der Waals surface area contributed by atoms with Gasteiger partial charge < -0.3 is 10.5 Å². The molecule has 0 bridgehead atoms. The van der Waals surface area contributed by atoms with E-state index in [2.05, 4.69) is 4.98 Å². The molecule has 0 spiro atoms. The molecule has 0 radical (unpaired) electrons. The number of nitrogens with two attached hydrogens (primary N) is 1. The number of pyridine rings is 1. The summed E-state index contributed by atoms with van der Waals surface area (Å²) >= 11 is 1.99. The van der Waals surface area contributed by atoms with Crippen LogP contribution in [0.5, 0.6) is 5.75 Å². The topological polar surface area (TPSA) is 48.1 Å². The zero-order valence-corrected chi connectivity index (χ0v) is 11.1. The van der Waals surface area contributed by atoms with Gasteiger partial charge in [-0.2, -0.15) is 11.8 Å². The molecule has 1 fully saturated rings. The van der Waals surface area contributed by atoms with E-state index >= 15 is 0 Å². The van der Waals surface area contributed by atoms with Crippen molar-refractivity contribution in [1.82, 2.24) is 4.98 Å². The van der Waals surface area contributed by atoms with Crippen LogP contribution < -0.4 is 10.5 Å². The van der Waals surface area contributed by atoms with Gasteiger partial charge in [-0.25, -0.2) is 0 Å². The van der Waals surface area contributed by atoms with Gasteiger partial charge >= 0.3 is 0 Å². The van der Waals surface area contributed by atoms with Crippen molar-refractivity contribution >= 4 is 11.8 Å². The van der Waals surface area contributed by atoms with Crippen LogP contribution in [0, 0.1) is 0 Å². The Balaban J connectivity index is 2.06. The fraction of sp³-hybridized carbons (Fsp3) is 0.615. The van der Waals surface area contributed by atoms with E-state index in [0.717, 1.165) is 11.3 Å². The number of hydrogen-bond donors (Lipinski definition) is 1. The first-order valence-corrected chi connectivity index (χ1v) is 7.31. The Morgan fingerprint density at radius 3 is 3.12 bits per heavy atom. The molecule has 1 aliphatic heterocycles. The smallest absolute Gasteiger partial charge is 0.137 e. The highest BCUT2D eigenvalue weighted by Crippen LogP contribution is 2.33. The summed E-state index contributed by atoms with van der Waals surface area (Å²) in [6.07, 6.45) is 7.44. The number of rotatable bonds is 4. The van der Waals surface area contributed by atoms with E-state index < -0.39 is 0 Å². The minimum absolute atomic E-state index is 0.0770. The molecule has 17 heavy (non-hydrogen) atoms. The summed E-state index contributed by atoms with van der Waals surface area (Å²) in [6.45, 7) is 2.64. The van der Waals surface area contributed by atoms with Crippen molar-refractivity contribution in [3.8, 4) is 5.75 Å². The van der Waals surface area contributed by atoms with Crippen molar-refractivity contribution in [3.05, 3.63) is 24.0 Å². The third-order valence-corrected chi connectivity index (χ3v) is 4.53. The Morgan fingerprint density at radius 1 is 1.53 bits per heavy atom. The molecule has 94 valence electrons. The van der Waals surface area contributed by atoms with E-state index in [1.54, 1.807) is 6.20 Å². The van der Waals surface area contributed by atoms with E-state index in [9.17, 15) is 0 Å². The maximum Gasteiger partial charge on any atom is 0.137 e. The van der Waals surface area contributed by atoms with E-state index in [1.165, 1.54) is 25.0 Å². The van der Waals surface area contributed by atoms with Crippen molar-refractivity contribution in [2.24, 2.45) is 5.73 Å². The highest BCUT2D eigenvalue weighted by Gasteiger charge is 2.22. The van der Waals surface area contributed by atoms with Crippen LogP contribution in [0.25, 0.3) is 0 Å². The zero-order valence-electron chi connectivity index (χ0n) is 10.3. The maximum atomic E-state index is 6.32. The summed E-state index contributed by atoms with van der Waals surface area (Å²) in [4.78, 5) is 4.20. The average molecular weight is 252 g/mol. The van der Waals surface area contributed by atoms with Crippen LogP contribution in [0.1, 0.15) is 37.8 Å². The van der Waals surface area contributed by atoms with E-state index in [1.807, 2.05) is 30.9 Å². The van der Waals surface area contributed by atoms with Crippen molar-refractivity contribution in [1.29, 1.82) is 0 Å². The maximum absolute atomic E-state index is 6.32. The van der Waals surface area contributed by atoms with Crippen molar-refractivity contribution < 1.29 is 4.74 Å². The van der Waals surface area contributed by atoms with Gasteiger partial charge in [0.25, 0.3) is 0 Å². The van der Waals surface area contributed by atoms with Gasteiger partial charge in [-0.15, -0.1) is 0 Å². The second-order valence-electron chi connectivity index (χ2n) is 4.32. The Morgan fingerprint density at radius 2 is 2.41 bits per heavy atom. The Bertz CT molecular complexity index is 353. The summed E-state index contributed by atoms with van der Waals surface area (Å²) < 4.78 is 5.46. The average Bonchev–Trinajstić information content (AvgIpc) is 2.40. The van der Waals surface area contributed by atoms with Crippen LogP contribution in [0.4, 0.5) is 0 Å². The number of nitrogens with zero attached hydrogens (tertiary/aromatic N) is 1. The molecule has 0 aromatic carbocycles. The Kier molecular flexibility index (Phi) is 4.68. The van der Waals surface area contributed by atoms with E-state index in [0.29, 0.717) is 11.9 Å². The lowest BCUT2D eigenvalue weighted by Crippen LogP contribution is -2.26. The van der Waals surface area contributed by atoms with Gasteiger partial charge in [0.1, 0.15) is 5.75 Å². The first kappa shape index (κ1) is 12.7. The fourth-order valence-corrected chi connectivity index (χ4v) is 3.50. The van der Waals surface area contributed by atoms with Crippen LogP contribution >= 0.6 is 11.8 Å². The lowest BCUT2D eigenvalue weighted by Gasteiger charge is -2.27.